The summed E-state index contributed by atoms with van der Waals surface area (Å²) < 4.78 is 0. The van der Waals surface area contributed by atoms with Crippen LogP contribution < -0.4 is 0 Å². The van der Waals surface area contributed by atoms with Crippen molar-refractivity contribution in [3.63, 3.8) is 0 Å². The average molecular weight is 318 g/mol. The first-order valence-electron chi connectivity index (χ1n) is 8.51. The predicted molar refractivity (Wildman–Crippen MR) is 88.9 cm³/mol. The molecule has 2 aliphatic rings. The average Bonchev–Trinajstić information content (AvgIpc) is 2.49. The summed E-state index contributed by atoms with van der Waals surface area (Å²) in [5.41, 5.74) is 0.570. The molecule has 2 aliphatic carbocycles. The molecule has 0 amide bonds. The van der Waals surface area contributed by atoms with E-state index in [1.807, 2.05) is 0 Å². The summed E-state index contributed by atoms with van der Waals surface area (Å²) in [6.07, 6.45) is 9.14. The topological polar surface area (TPSA) is 74.6 Å². The Morgan fingerprint density at radius 1 is 1.17 bits per heavy atom. The zero-order valence-electron chi connectivity index (χ0n) is 13.9. The number of carbonyl (C=O) groups is 2. The van der Waals surface area contributed by atoms with Gasteiger partial charge in [0.2, 0.25) is 0 Å². The van der Waals surface area contributed by atoms with Crippen molar-refractivity contribution >= 4 is 11.9 Å². The Bertz CT molecular complexity index is 579. The van der Waals surface area contributed by atoms with Crippen molar-refractivity contribution in [2.75, 3.05) is 0 Å². The third kappa shape index (κ3) is 4.12. The van der Waals surface area contributed by atoms with E-state index in [1.54, 1.807) is 26.2 Å². The van der Waals surface area contributed by atoms with Crippen LogP contribution in [0, 0.1) is 24.7 Å². The van der Waals surface area contributed by atoms with Gasteiger partial charge in [0, 0.05) is 0 Å². The van der Waals surface area contributed by atoms with Gasteiger partial charge in [-0.25, -0.2) is 9.59 Å². The second kappa shape index (κ2) is 7.62. The highest BCUT2D eigenvalue weighted by Crippen LogP contribution is 2.55. The minimum atomic E-state index is -1.12. The first kappa shape index (κ1) is 17.5. The molecule has 3 rings (SSSR count). The largest absolute Gasteiger partial charge is 0.478 e. The van der Waals surface area contributed by atoms with Gasteiger partial charge in [0.15, 0.2) is 0 Å². The van der Waals surface area contributed by atoms with Crippen LogP contribution in [-0.4, -0.2) is 22.2 Å². The third-order valence-electron chi connectivity index (χ3n) is 5.33. The highest BCUT2D eigenvalue weighted by atomic mass is 16.4. The van der Waals surface area contributed by atoms with Gasteiger partial charge in [-0.05, 0) is 61.6 Å². The monoisotopic (exact) mass is 318 g/mol. The fourth-order valence-corrected chi connectivity index (χ4v) is 3.66. The normalized spacial score (nSPS) is 24.3. The van der Waals surface area contributed by atoms with Crippen molar-refractivity contribution in [3.8, 4) is 0 Å². The van der Waals surface area contributed by atoms with Crippen LogP contribution in [-0.2, 0) is 0 Å². The summed E-state index contributed by atoms with van der Waals surface area (Å²) in [7, 11) is 0. The summed E-state index contributed by atoms with van der Waals surface area (Å²) in [5, 5.41) is 17.3. The van der Waals surface area contributed by atoms with Crippen LogP contribution in [0.5, 0.6) is 0 Å². The number of benzene rings is 1. The lowest BCUT2D eigenvalue weighted by atomic mass is 9.52. The molecular weight excluding hydrogens is 292 g/mol. The number of aryl methyl sites for hydroxylation is 1. The highest BCUT2D eigenvalue weighted by molar-refractivity contribution is 5.94. The number of unbranched alkanes of at least 4 members (excludes halogenated alkanes) is 1. The molecule has 0 radical (unpaired) electrons. The Labute approximate surface area is 137 Å². The number of fused-ring (bicyclic) bond motifs is 1. The molecule has 1 aromatic carbocycles. The summed E-state index contributed by atoms with van der Waals surface area (Å²) in [4.78, 5) is 21.1. The van der Waals surface area contributed by atoms with Crippen LogP contribution in [0.1, 0.15) is 71.7 Å². The first-order valence-corrected chi connectivity index (χ1v) is 8.51. The van der Waals surface area contributed by atoms with Gasteiger partial charge < -0.3 is 10.2 Å². The van der Waals surface area contributed by atoms with Gasteiger partial charge in [0.1, 0.15) is 0 Å². The van der Waals surface area contributed by atoms with Crippen molar-refractivity contribution < 1.29 is 19.8 Å². The van der Waals surface area contributed by atoms with Gasteiger partial charge in [-0.2, -0.15) is 0 Å². The minimum Gasteiger partial charge on any atom is -0.478 e. The molecule has 3 unspecified atom stereocenters. The number of hydrogen-bond acceptors (Lipinski definition) is 2. The standard InChI is InChI=1S/C10H18.C9H8O4/c1-2-3-4-8-7-9-5-6-10(8)9;1-5-2-3-6(8(10)11)4-7(5)9(12)13/h8-10H,2-7H2,1H3;2-4H,1H3,(H,10,11)(H,12,13). The summed E-state index contributed by atoms with van der Waals surface area (Å²) in [6.45, 7) is 3.92. The maximum Gasteiger partial charge on any atom is 0.335 e. The molecule has 0 heterocycles. The quantitative estimate of drug-likeness (QED) is 0.831. The van der Waals surface area contributed by atoms with Gasteiger partial charge in [0.05, 0.1) is 11.1 Å². The van der Waals surface area contributed by atoms with Crippen molar-refractivity contribution in [2.24, 2.45) is 17.8 Å². The molecule has 0 spiro atoms. The van der Waals surface area contributed by atoms with Crippen molar-refractivity contribution in [1.29, 1.82) is 0 Å². The van der Waals surface area contributed by atoms with E-state index in [1.165, 1.54) is 49.1 Å². The number of rotatable bonds is 5. The van der Waals surface area contributed by atoms with Crippen LogP contribution in [0.2, 0.25) is 0 Å². The Morgan fingerprint density at radius 2 is 1.91 bits per heavy atom. The number of hydrogen-bond donors (Lipinski definition) is 2. The van der Waals surface area contributed by atoms with E-state index >= 15 is 0 Å². The lowest BCUT2D eigenvalue weighted by Gasteiger charge is -2.53. The van der Waals surface area contributed by atoms with Crippen LogP contribution >= 0.6 is 0 Å². The molecule has 2 saturated carbocycles. The van der Waals surface area contributed by atoms with Crippen molar-refractivity contribution in [3.05, 3.63) is 34.9 Å². The molecule has 0 bridgehead atoms. The van der Waals surface area contributed by atoms with Gasteiger partial charge in [-0.15, -0.1) is 0 Å². The van der Waals surface area contributed by atoms with E-state index in [-0.39, 0.29) is 11.1 Å². The molecule has 4 heteroatoms. The third-order valence-corrected chi connectivity index (χ3v) is 5.33. The molecule has 23 heavy (non-hydrogen) atoms. The SMILES string of the molecule is CCCCC1CC2CCC12.Cc1ccc(C(=O)O)cc1C(=O)O. The second-order valence-electron chi connectivity index (χ2n) is 6.78. The van der Waals surface area contributed by atoms with Gasteiger partial charge in [0.25, 0.3) is 0 Å². The molecule has 1 aromatic rings. The maximum absolute atomic E-state index is 10.6. The first-order chi connectivity index (χ1) is 10.9. The summed E-state index contributed by atoms with van der Waals surface area (Å²) in [5.74, 6) is 1.33. The Balaban J connectivity index is 0.000000172. The van der Waals surface area contributed by atoms with E-state index in [9.17, 15) is 9.59 Å². The molecule has 126 valence electrons. The molecule has 0 aromatic heterocycles. The van der Waals surface area contributed by atoms with Crippen LogP contribution in [0.25, 0.3) is 0 Å². The van der Waals surface area contributed by atoms with Crippen molar-refractivity contribution in [1.82, 2.24) is 0 Å². The van der Waals surface area contributed by atoms with E-state index < -0.39 is 11.9 Å². The molecule has 0 aliphatic heterocycles. The van der Waals surface area contributed by atoms with Gasteiger partial charge in [-0.3, -0.25) is 0 Å². The second-order valence-corrected chi connectivity index (χ2v) is 6.78. The lowest BCUT2D eigenvalue weighted by molar-refractivity contribution is -0.0303. The van der Waals surface area contributed by atoms with E-state index in [2.05, 4.69) is 6.92 Å². The smallest absolute Gasteiger partial charge is 0.335 e. The number of carboxylic acids is 2. The zero-order valence-corrected chi connectivity index (χ0v) is 13.9. The molecular formula is C19H26O4. The number of aromatic carboxylic acids is 2. The summed E-state index contributed by atoms with van der Waals surface area (Å²) >= 11 is 0. The fraction of sp³-hybridized carbons (Fsp3) is 0.579. The van der Waals surface area contributed by atoms with E-state index in [4.69, 9.17) is 10.2 Å². The zero-order chi connectivity index (χ0) is 17.0. The van der Waals surface area contributed by atoms with Gasteiger partial charge >= 0.3 is 11.9 Å². The summed E-state index contributed by atoms with van der Waals surface area (Å²) in [6, 6.07) is 4.01. The lowest BCUT2D eigenvalue weighted by Crippen LogP contribution is -2.44. The molecule has 4 nitrogen and oxygen atoms in total. The highest BCUT2D eigenvalue weighted by Gasteiger charge is 2.45. The maximum atomic E-state index is 10.6. The molecule has 3 atom stereocenters. The minimum absolute atomic E-state index is 0.0111. The fourth-order valence-electron chi connectivity index (χ4n) is 3.66. The van der Waals surface area contributed by atoms with Crippen LogP contribution in [0.4, 0.5) is 0 Å². The Hall–Kier alpha value is -1.84. The molecule has 0 saturated heterocycles. The molecule has 2 fully saturated rings. The van der Waals surface area contributed by atoms with Crippen LogP contribution in [0.15, 0.2) is 18.2 Å². The number of carboxylic acid groups (broad SMARTS) is 2. The van der Waals surface area contributed by atoms with Crippen LogP contribution in [0.3, 0.4) is 0 Å². The van der Waals surface area contributed by atoms with Gasteiger partial charge in [-0.1, -0.05) is 32.3 Å². The Morgan fingerprint density at radius 3 is 2.35 bits per heavy atom. The van der Waals surface area contributed by atoms with E-state index in [0.29, 0.717) is 5.56 Å². The van der Waals surface area contributed by atoms with Crippen molar-refractivity contribution in [2.45, 2.75) is 52.4 Å². The predicted octanol–water partition coefficient (Wildman–Crippen LogP) is 4.61. The van der Waals surface area contributed by atoms with E-state index in [0.717, 1.165) is 6.07 Å². The Kier molecular flexibility index (Phi) is 5.80. The molecule has 2 N–H and O–H groups in total.